The van der Waals surface area contributed by atoms with Crippen molar-refractivity contribution in [1.82, 2.24) is 10.6 Å². The quantitative estimate of drug-likeness (QED) is 0.315. The Hall–Kier alpha value is -2.32. The molecule has 1 heterocycles. The number of fused-ring (bicyclic) bond motifs is 1. The minimum Gasteiger partial charge on any atom is -0.504 e. The van der Waals surface area contributed by atoms with Crippen molar-refractivity contribution in [2.45, 2.75) is 6.54 Å². The minimum atomic E-state index is -0.480. The topological polar surface area (TPSA) is 98.7 Å². The highest BCUT2D eigenvalue weighted by Gasteiger charge is 2.27. The lowest BCUT2D eigenvalue weighted by atomic mass is 9.95. The van der Waals surface area contributed by atoms with E-state index in [1.165, 1.54) is 18.3 Å². The molecule has 0 spiro atoms. The summed E-state index contributed by atoms with van der Waals surface area (Å²) >= 11 is 3.34. The maximum absolute atomic E-state index is 12.1. The van der Waals surface area contributed by atoms with Crippen LogP contribution in [0.15, 0.2) is 47.1 Å². The van der Waals surface area contributed by atoms with Crippen LogP contribution in [0.1, 0.15) is 21.5 Å². The molecule has 6 nitrogen and oxygen atoms in total. The van der Waals surface area contributed by atoms with Crippen molar-refractivity contribution in [3.63, 3.8) is 0 Å². The lowest BCUT2D eigenvalue weighted by Gasteiger charge is -2.18. The number of imide groups is 1. The lowest BCUT2D eigenvalue weighted by Crippen LogP contribution is -2.37. The predicted molar refractivity (Wildman–Crippen MR) is 102 cm³/mol. The number of rotatable bonds is 3. The van der Waals surface area contributed by atoms with E-state index >= 15 is 0 Å². The Morgan fingerprint density at radius 2 is 1.76 bits per heavy atom. The molecule has 0 aliphatic carbocycles. The number of aromatic hydroxyl groups is 2. The third-order valence-electron chi connectivity index (χ3n) is 3.58. The van der Waals surface area contributed by atoms with Gasteiger partial charge in [0.2, 0.25) is 0 Å². The Morgan fingerprint density at radius 3 is 2.48 bits per heavy atom. The third kappa shape index (κ3) is 4.02. The molecule has 8 heteroatoms. The number of benzene rings is 2. The Kier molecular flexibility index (Phi) is 5.86. The second-order valence-electron chi connectivity index (χ2n) is 5.24. The monoisotopic (exact) mass is 468 g/mol. The number of carbonyl (C=O) groups excluding carboxylic acids is 2. The van der Waals surface area contributed by atoms with E-state index in [2.05, 4.69) is 26.6 Å². The summed E-state index contributed by atoms with van der Waals surface area (Å²) in [7, 11) is 0. The SMILES string of the molecule is Br.O=C1NC(=O)c2ccc(Br)cc2/C1=C\NCc1ccc(O)c(O)c1. The molecular weight excluding hydrogens is 456 g/mol. The number of phenols is 2. The summed E-state index contributed by atoms with van der Waals surface area (Å²) in [4.78, 5) is 24.0. The number of hydrogen-bond donors (Lipinski definition) is 4. The molecule has 0 bridgehead atoms. The molecule has 0 aromatic heterocycles. The molecule has 0 atom stereocenters. The molecular formula is C17H14Br2N2O4. The summed E-state index contributed by atoms with van der Waals surface area (Å²) in [6.07, 6.45) is 1.52. The molecule has 1 aliphatic heterocycles. The van der Waals surface area contributed by atoms with Crippen molar-refractivity contribution in [3.05, 3.63) is 63.8 Å². The van der Waals surface area contributed by atoms with Crippen molar-refractivity contribution in [2.24, 2.45) is 0 Å². The Bertz CT molecular complexity index is 881. The minimum absolute atomic E-state index is 0. The summed E-state index contributed by atoms with van der Waals surface area (Å²) < 4.78 is 0.762. The first kappa shape index (κ1) is 19.0. The van der Waals surface area contributed by atoms with Crippen LogP contribution in [0.25, 0.3) is 5.57 Å². The summed E-state index contributed by atoms with van der Waals surface area (Å²) in [6, 6.07) is 9.56. The normalized spacial score (nSPS) is 14.5. The van der Waals surface area contributed by atoms with Crippen LogP contribution in [0, 0.1) is 0 Å². The second kappa shape index (κ2) is 7.71. The molecule has 2 amide bonds. The first-order valence-electron chi connectivity index (χ1n) is 7.05. The van der Waals surface area contributed by atoms with E-state index in [1.54, 1.807) is 24.3 Å². The maximum Gasteiger partial charge on any atom is 0.260 e. The molecule has 0 radical (unpaired) electrons. The van der Waals surface area contributed by atoms with Gasteiger partial charge in [-0.15, -0.1) is 17.0 Å². The van der Waals surface area contributed by atoms with E-state index in [1.807, 2.05) is 0 Å². The number of halogens is 2. The average Bonchev–Trinajstić information content (AvgIpc) is 2.53. The fourth-order valence-electron chi connectivity index (χ4n) is 2.39. The van der Waals surface area contributed by atoms with Gasteiger partial charge in [0.1, 0.15) is 0 Å². The number of amides is 2. The summed E-state index contributed by atoms with van der Waals surface area (Å²) in [5, 5.41) is 24.1. The number of phenolic OH excluding ortho intramolecular Hbond substituents is 2. The molecule has 1 aliphatic rings. The number of hydrogen-bond acceptors (Lipinski definition) is 5. The van der Waals surface area contributed by atoms with Gasteiger partial charge in [0, 0.05) is 28.3 Å². The van der Waals surface area contributed by atoms with Crippen molar-refractivity contribution < 1.29 is 19.8 Å². The molecule has 0 unspecified atom stereocenters. The number of nitrogens with one attached hydrogen (secondary N) is 2. The van der Waals surface area contributed by atoms with Crippen LogP contribution in [0.5, 0.6) is 11.5 Å². The second-order valence-corrected chi connectivity index (χ2v) is 6.15. The molecule has 0 saturated carbocycles. The highest BCUT2D eigenvalue weighted by molar-refractivity contribution is 9.10. The van der Waals surface area contributed by atoms with Crippen LogP contribution in [0.3, 0.4) is 0 Å². The molecule has 0 fully saturated rings. The number of carbonyl (C=O) groups is 2. The molecule has 2 aromatic carbocycles. The molecule has 3 rings (SSSR count). The molecule has 2 aromatic rings. The predicted octanol–water partition coefficient (Wildman–Crippen LogP) is 2.84. The van der Waals surface area contributed by atoms with E-state index in [0.29, 0.717) is 23.2 Å². The van der Waals surface area contributed by atoms with Gasteiger partial charge in [0.15, 0.2) is 11.5 Å². The van der Waals surface area contributed by atoms with Gasteiger partial charge in [0.05, 0.1) is 5.57 Å². The van der Waals surface area contributed by atoms with Crippen molar-refractivity contribution in [3.8, 4) is 11.5 Å². The van der Waals surface area contributed by atoms with Gasteiger partial charge in [-0.25, -0.2) is 0 Å². The smallest absolute Gasteiger partial charge is 0.260 e. The first-order chi connectivity index (χ1) is 11.5. The zero-order valence-corrected chi connectivity index (χ0v) is 16.0. The van der Waals surface area contributed by atoms with E-state index < -0.39 is 11.8 Å². The van der Waals surface area contributed by atoms with E-state index in [-0.39, 0.29) is 28.5 Å². The Morgan fingerprint density at radius 1 is 1.00 bits per heavy atom. The molecule has 130 valence electrons. The lowest BCUT2D eigenvalue weighted by molar-refractivity contribution is -0.114. The van der Waals surface area contributed by atoms with Gasteiger partial charge in [-0.05, 0) is 35.9 Å². The largest absolute Gasteiger partial charge is 0.504 e. The van der Waals surface area contributed by atoms with E-state index in [9.17, 15) is 19.8 Å². The average molecular weight is 470 g/mol. The Labute approximate surface area is 162 Å². The Balaban J connectivity index is 0.00000225. The summed E-state index contributed by atoms with van der Waals surface area (Å²) in [5.74, 6) is -1.31. The standard InChI is InChI=1S/C17H13BrN2O4.BrH/c18-10-2-3-11-12(6-10)13(17(24)20-16(11)23)8-19-7-9-1-4-14(21)15(22)5-9;/h1-6,8,19,21-22H,7H2,(H,20,23,24);1H/b13-8+;. The van der Waals surface area contributed by atoms with Crippen LogP contribution in [0.2, 0.25) is 0 Å². The van der Waals surface area contributed by atoms with Crippen molar-refractivity contribution in [1.29, 1.82) is 0 Å². The van der Waals surface area contributed by atoms with Crippen LogP contribution in [-0.2, 0) is 11.3 Å². The van der Waals surface area contributed by atoms with Crippen molar-refractivity contribution in [2.75, 3.05) is 0 Å². The third-order valence-corrected chi connectivity index (χ3v) is 4.07. The fourth-order valence-corrected chi connectivity index (χ4v) is 2.75. The molecule has 4 N–H and O–H groups in total. The van der Waals surface area contributed by atoms with Gasteiger partial charge in [-0.2, -0.15) is 0 Å². The van der Waals surface area contributed by atoms with E-state index in [0.717, 1.165) is 10.0 Å². The highest BCUT2D eigenvalue weighted by atomic mass is 79.9. The highest BCUT2D eigenvalue weighted by Crippen LogP contribution is 2.27. The van der Waals surface area contributed by atoms with Crippen molar-refractivity contribution >= 4 is 50.3 Å². The van der Waals surface area contributed by atoms with Gasteiger partial charge >= 0.3 is 0 Å². The van der Waals surface area contributed by atoms with Gasteiger partial charge in [-0.3, -0.25) is 14.9 Å². The van der Waals surface area contributed by atoms with Crippen LogP contribution >= 0.6 is 32.9 Å². The maximum atomic E-state index is 12.1. The van der Waals surface area contributed by atoms with Gasteiger partial charge in [-0.1, -0.05) is 22.0 Å². The molecule has 0 saturated heterocycles. The van der Waals surface area contributed by atoms with Gasteiger partial charge in [0.25, 0.3) is 11.8 Å². The van der Waals surface area contributed by atoms with Gasteiger partial charge < -0.3 is 15.5 Å². The van der Waals surface area contributed by atoms with Crippen LogP contribution in [-0.4, -0.2) is 22.0 Å². The zero-order valence-electron chi connectivity index (χ0n) is 12.7. The summed E-state index contributed by atoms with van der Waals surface area (Å²) in [5.41, 5.74) is 2.03. The first-order valence-corrected chi connectivity index (χ1v) is 7.85. The molecule has 25 heavy (non-hydrogen) atoms. The van der Waals surface area contributed by atoms with Crippen LogP contribution in [0.4, 0.5) is 0 Å². The zero-order chi connectivity index (χ0) is 17.3. The summed E-state index contributed by atoms with van der Waals surface area (Å²) in [6.45, 7) is 0.335. The fraction of sp³-hybridized carbons (Fsp3) is 0.0588. The van der Waals surface area contributed by atoms with Crippen LogP contribution < -0.4 is 10.6 Å². The van der Waals surface area contributed by atoms with E-state index in [4.69, 9.17) is 0 Å².